The molecule has 0 spiro atoms. The minimum absolute atomic E-state index is 0.204. The smallest absolute Gasteiger partial charge is 0.260 e. The summed E-state index contributed by atoms with van der Waals surface area (Å²) in [6.45, 7) is 0. The van der Waals surface area contributed by atoms with Gasteiger partial charge in [0.1, 0.15) is 0 Å². The van der Waals surface area contributed by atoms with Crippen LogP contribution in [0.3, 0.4) is 0 Å². The van der Waals surface area contributed by atoms with E-state index in [-0.39, 0.29) is 11.7 Å². The van der Waals surface area contributed by atoms with Crippen LogP contribution in [0.15, 0.2) is 41.2 Å². The lowest BCUT2D eigenvalue weighted by Crippen LogP contribution is -1.91. The number of hydrogen-bond donors (Lipinski definition) is 2. The minimum Gasteiger partial charge on any atom is -0.505 e. The van der Waals surface area contributed by atoms with Crippen molar-refractivity contribution in [3.63, 3.8) is 0 Å². The number of pyridine rings is 1. The average Bonchev–Trinajstić information content (AvgIpc) is 2.92. The second kappa shape index (κ2) is 4.61. The normalized spacial score (nSPS) is 10.7. The summed E-state index contributed by atoms with van der Waals surface area (Å²) in [5.74, 6) is -0.767. The van der Waals surface area contributed by atoms with Gasteiger partial charge < -0.3 is 15.4 Å². The summed E-state index contributed by atoms with van der Waals surface area (Å²) in [5.41, 5.74) is 7.11. The van der Waals surface area contributed by atoms with Crippen LogP contribution in [0.25, 0.3) is 22.8 Å². The number of phenols is 1. The molecule has 0 aliphatic heterocycles. The van der Waals surface area contributed by atoms with Crippen molar-refractivity contribution in [2.45, 2.75) is 0 Å². The van der Waals surface area contributed by atoms with Crippen LogP contribution >= 0.6 is 0 Å². The van der Waals surface area contributed by atoms with E-state index in [1.165, 1.54) is 18.3 Å². The standard InChI is InChI=1S/C13H9FN4O2/c14-9-5-7(1-2-11(9)19)12-17-13(20-18-12)8-3-4-16-6-10(8)15/h1-6,19H,15H2. The first kappa shape index (κ1) is 12.1. The summed E-state index contributed by atoms with van der Waals surface area (Å²) in [4.78, 5) is 8.01. The fourth-order valence-corrected chi connectivity index (χ4v) is 1.70. The fraction of sp³-hybridized carbons (Fsp3) is 0. The van der Waals surface area contributed by atoms with Crippen molar-refractivity contribution in [2.75, 3.05) is 5.73 Å². The van der Waals surface area contributed by atoms with E-state index >= 15 is 0 Å². The van der Waals surface area contributed by atoms with Crippen molar-refractivity contribution < 1.29 is 14.0 Å². The third-order valence-corrected chi connectivity index (χ3v) is 2.71. The van der Waals surface area contributed by atoms with E-state index in [0.29, 0.717) is 16.8 Å². The van der Waals surface area contributed by atoms with Crippen LogP contribution < -0.4 is 5.73 Å². The van der Waals surface area contributed by atoms with Crippen LogP contribution in [0.1, 0.15) is 0 Å². The fourth-order valence-electron chi connectivity index (χ4n) is 1.70. The Morgan fingerprint density at radius 2 is 2.10 bits per heavy atom. The maximum Gasteiger partial charge on any atom is 0.260 e. The molecule has 0 fully saturated rings. The summed E-state index contributed by atoms with van der Waals surface area (Å²) in [6.07, 6.45) is 3.02. The van der Waals surface area contributed by atoms with Crippen molar-refractivity contribution in [1.29, 1.82) is 0 Å². The Kier molecular flexibility index (Phi) is 2.79. The number of anilines is 1. The molecular weight excluding hydrogens is 263 g/mol. The summed E-state index contributed by atoms with van der Waals surface area (Å²) in [7, 11) is 0. The van der Waals surface area contributed by atoms with E-state index in [1.807, 2.05) is 0 Å². The molecule has 100 valence electrons. The molecule has 20 heavy (non-hydrogen) atoms. The number of aromatic hydroxyl groups is 1. The molecular formula is C13H9FN4O2. The molecule has 3 rings (SSSR count). The van der Waals surface area contributed by atoms with Gasteiger partial charge in [-0.15, -0.1) is 0 Å². The van der Waals surface area contributed by atoms with Gasteiger partial charge in [-0.3, -0.25) is 4.98 Å². The highest BCUT2D eigenvalue weighted by Gasteiger charge is 2.14. The summed E-state index contributed by atoms with van der Waals surface area (Å²) >= 11 is 0. The summed E-state index contributed by atoms with van der Waals surface area (Å²) < 4.78 is 18.4. The van der Waals surface area contributed by atoms with Crippen LogP contribution in [-0.4, -0.2) is 20.2 Å². The zero-order valence-electron chi connectivity index (χ0n) is 10.1. The third-order valence-electron chi connectivity index (χ3n) is 2.71. The van der Waals surface area contributed by atoms with E-state index in [9.17, 15) is 4.39 Å². The lowest BCUT2D eigenvalue weighted by atomic mass is 10.2. The van der Waals surface area contributed by atoms with Gasteiger partial charge in [-0.2, -0.15) is 4.98 Å². The first-order valence-corrected chi connectivity index (χ1v) is 5.67. The SMILES string of the molecule is Nc1cnccc1-c1nc(-c2ccc(O)c(F)c2)no1. The maximum atomic E-state index is 13.3. The van der Waals surface area contributed by atoms with E-state index in [1.54, 1.807) is 12.3 Å². The molecule has 2 aromatic heterocycles. The van der Waals surface area contributed by atoms with E-state index in [4.69, 9.17) is 15.4 Å². The predicted octanol–water partition coefficient (Wildman–Crippen LogP) is 2.23. The molecule has 3 aromatic rings. The molecule has 0 aliphatic carbocycles. The Labute approximate surface area is 112 Å². The quantitative estimate of drug-likeness (QED) is 0.742. The third kappa shape index (κ3) is 2.05. The highest BCUT2D eigenvalue weighted by molar-refractivity contribution is 5.70. The van der Waals surface area contributed by atoms with Crippen molar-refractivity contribution in [3.8, 4) is 28.6 Å². The molecule has 6 nitrogen and oxygen atoms in total. The average molecular weight is 272 g/mol. The molecule has 7 heteroatoms. The number of nitrogens with two attached hydrogens (primary N) is 1. The van der Waals surface area contributed by atoms with Crippen molar-refractivity contribution in [2.24, 2.45) is 0 Å². The zero-order valence-corrected chi connectivity index (χ0v) is 10.1. The van der Waals surface area contributed by atoms with E-state index in [0.717, 1.165) is 6.07 Å². The Hall–Kier alpha value is -2.96. The number of aromatic nitrogens is 3. The molecule has 3 N–H and O–H groups in total. The van der Waals surface area contributed by atoms with Crippen LogP contribution in [-0.2, 0) is 0 Å². The van der Waals surface area contributed by atoms with Gasteiger partial charge in [0.15, 0.2) is 11.6 Å². The second-order valence-electron chi connectivity index (χ2n) is 4.05. The first-order valence-electron chi connectivity index (χ1n) is 5.67. The number of nitrogen functional groups attached to an aromatic ring is 1. The largest absolute Gasteiger partial charge is 0.505 e. The Morgan fingerprint density at radius 3 is 2.85 bits per heavy atom. The molecule has 0 atom stereocenters. The zero-order chi connectivity index (χ0) is 14.1. The Morgan fingerprint density at radius 1 is 1.25 bits per heavy atom. The molecule has 1 aromatic carbocycles. The van der Waals surface area contributed by atoms with Gasteiger partial charge in [0.2, 0.25) is 5.82 Å². The van der Waals surface area contributed by atoms with Crippen LogP contribution in [0.4, 0.5) is 10.1 Å². The number of nitrogens with zero attached hydrogens (tertiary/aromatic N) is 3. The second-order valence-corrected chi connectivity index (χ2v) is 4.05. The molecule has 0 radical (unpaired) electrons. The minimum atomic E-state index is -0.753. The maximum absolute atomic E-state index is 13.3. The van der Waals surface area contributed by atoms with Gasteiger partial charge in [0.05, 0.1) is 17.4 Å². The number of phenolic OH excluding ortho intramolecular Hbond substituents is 1. The summed E-state index contributed by atoms with van der Waals surface area (Å²) in [5, 5.41) is 12.9. The van der Waals surface area contributed by atoms with Gasteiger partial charge in [0, 0.05) is 11.8 Å². The monoisotopic (exact) mass is 272 g/mol. The van der Waals surface area contributed by atoms with Gasteiger partial charge in [-0.25, -0.2) is 4.39 Å². The molecule has 0 bridgehead atoms. The molecule has 0 saturated carbocycles. The van der Waals surface area contributed by atoms with E-state index in [2.05, 4.69) is 15.1 Å². The van der Waals surface area contributed by atoms with Crippen molar-refractivity contribution >= 4 is 5.69 Å². The Bertz CT molecular complexity index is 773. The van der Waals surface area contributed by atoms with Gasteiger partial charge in [-0.05, 0) is 24.3 Å². The highest BCUT2D eigenvalue weighted by Crippen LogP contribution is 2.27. The van der Waals surface area contributed by atoms with E-state index < -0.39 is 11.6 Å². The topological polar surface area (TPSA) is 98.1 Å². The lowest BCUT2D eigenvalue weighted by Gasteiger charge is -1.98. The van der Waals surface area contributed by atoms with Gasteiger partial charge in [-0.1, -0.05) is 5.16 Å². The number of hydrogen-bond acceptors (Lipinski definition) is 6. The Balaban J connectivity index is 2.02. The number of halogens is 1. The number of benzene rings is 1. The summed E-state index contributed by atoms with van der Waals surface area (Å²) in [6, 6.07) is 5.48. The van der Waals surface area contributed by atoms with Crippen molar-refractivity contribution in [1.82, 2.24) is 15.1 Å². The predicted molar refractivity (Wildman–Crippen MR) is 69.0 cm³/mol. The van der Waals surface area contributed by atoms with Crippen LogP contribution in [0, 0.1) is 5.82 Å². The lowest BCUT2D eigenvalue weighted by molar-refractivity contribution is 0.430. The molecule has 2 heterocycles. The number of rotatable bonds is 2. The van der Waals surface area contributed by atoms with Gasteiger partial charge >= 0.3 is 0 Å². The van der Waals surface area contributed by atoms with Crippen LogP contribution in [0.5, 0.6) is 5.75 Å². The molecule has 0 amide bonds. The van der Waals surface area contributed by atoms with Gasteiger partial charge in [0.25, 0.3) is 5.89 Å². The van der Waals surface area contributed by atoms with Crippen molar-refractivity contribution in [3.05, 3.63) is 42.5 Å². The highest BCUT2D eigenvalue weighted by atomic mass is 19.1. The molecule has 0 saturated heterocycles. The van der Waals surface area contributed by atoms with Crippen LogP contribution in [0.2, 0.25) is 0 Å². The molecule has 0 aliphatic rings. The first-order chi connectivity index (χ1) is 9.65. The molecule has 0 unspecified atom stereocenters.